The zero-order valence-electron chi connectivity index (χ0n) is 9.39. The van der Waals surface area contributed by atoms with Gasteiger partial charge >= 0.3 is 5.97 Å². The molecule has 1 aliphatic carbocycles. The van der Waals surface area contributed by atoms with Crippen molar-refractivity contribution in [2.75, 3.05) is 0 Å². The Labute approximate surface area is 99.1 Å². The van der Waals surface area contributed by atoms with Crippen molar-refractivity contribution in [1.29, 1.82) is 0 Å². The maximum absolute atomic E-state index is 10.9. The van der Waals surface area contributed by atoms with E-state index in [9.17, 15) is 4.79 Å². The Kier molecular flexibility index (Phi) is 2.15. The number of carboxylic acids is 1. The highest BCUT2D eigenvalue weighted by Gasteiger charge is 2.45. The van der Waals surface area contributed by atoms with E-state index in [1.165, 1.54) is 0 Å². The first-order valence-corrected chi connectivity index (χ1v) is 5.76. The summed E-state index contributed by atoms with van der Waals surface area (Å²) in [5.41, 5.74) is 1.04. The summed E-state index contributed by atoms with van der Waals surface area (Å²) in [6.45, 7) is 0. The molecule has 1 heterocycles. The van der Waals surface area contributed by atoms with Gasteiger partial charge in [-0.1, -0.05) is 18.2 Å². The molecule has 3 nitrogen and oxygen atoms in total. The van der Waals surface area contributed by atoms with Gasteiger partial charge in [-0.15, -0.1) is 0 Å². The van der Waals surface area contributed by atoms with Gasteiger partial charge in [0.05, 0.1) is 6.42 Å². The molecule has 3 rings (SSSR count). The number of rotatable bonds is 3. The van der Waals surface area contributed by atoms with Crippen LogP contribution in [0.3, 0.4) is 0 Å². The minimum Gasteiger partial charge on any atom is -0.481 e. The summed E-state index contributed by atoms with van der Waals surface area (Å²) in [5, 5.41) is 11.2. The van der Waals surface area contributed by atoms with Crippen molar-refractivity contribution in [3.8, 4) is 0 Å². The van der Waals surface area contributed by atoms with Crippen LogP contribution in [0.25, 0.3) is 10.8 Å². The number of nitrogens with zero attached hydrogens (tertiary/aromatic N) is 1. The summed E-state index contributed by atoms with van der Waals surface area (Å²) in [6, 6.07) is 8.14. The molecule has 2 aromatic rings. The third-order valence-electron chi connectivity index (χ3n) is 3.60. The molecule has 3 heteroatoms. The van der Waals surface area contributed by atoms with Gasteiger partial charge in [0.25, 0.3) is 0 Å². The van der Waals surface area contributed by atoms with Crippen LogP contribution in [0.4, 0.5) is 0 Å². The fourth-order valence-corrected chi connectivity index (χ4v) is 2.42. The van der Waals surface area contributed by atoms with Crippen LogP contribution in [0.5, 0.6) is 0 Å². The number of pyridine rings is 1. The molecule has 0 amide bonds. The van der Waals surface area contributed by atoms with Crippen molar-refractivity contribution in [2.45, 2.75) is 24.7 Å². The van der Waals surface area contributed by atoms with E-state index in [1.54, 1.807) is 6.20 Å². The topological polar surface area (TPSA) is 50.2 Å². The smallest absolute Gasteiger partial charge is 0.304 e. The first-order valence-electron chi connectivity index (χ1n) is 5.76. The van der Waals surface area contributed by atoms with Crippen molar-refractivity contribution in [1.82, 2.24) is 4.98 Å². The van der Waals surface area contributed by atoms with E-state index in [0.29, 0.717) is 0 Å². The fraction of sp³-hybridized carbons (Fsp3) is 0.286. The van der Waals surface area contributed by atoms with Crippen molar-refractivity contribution in [3.63, 3.8) is 0 Å². The summed E-state index contributed by atoms with van der Waals surface area (Å²) in [6.07, 6.45) is 5.80. The molecule has 1 aliphatic rings. The largest absolute Gasteiger partial charge is 0.481 e. The Morgan fingerprint density at radius 3 is 2.82 bits per heavy atom. The Morgan fingerprint density at radius 2 is 2.12 bits per heavy atom. The van der Waals surface area contributed by atoms with E-state index < -0.39 is 5.97 Å². The van der Waals surface area contributed by atoms with Crippen LogP contribution in [-0.4, -0.2) is 16.1 Å². The average molecular weight is 227 g/mol. The summed E-state index contributed by atoms with van der Waals surface area (Å²) < 4.78 is 0. The second kappa shape index (κ2) is 3.55. The first-order chi connectivity index (χ1) is 8.20. The van der Waals surface area contributed by atoms with Gasteiger partial charge in [0.15, 0.2) is 0 Å². The number of benzene rings is 1. The van der Waals surface area contributed by atoms with Gasteiger partial charge in [0.1, 0.15) is 0 Å². The van der Waals surface area contributed by atoms with Crippen molar-refractivity contribution in [2.24, 2.45) is 0 Å². The second-order valence-electron chi connectivity index (χ2n) is 4.79. The van der Waals surface area contributed by atoms with E-state index in [0.717, 1.165) is 29.2 Å². The third kappa shape index (κ3) is 1.78. The molecule has 0 spiro atoms. The molecule has 0 atom stereocenters. The molecule has 1 aromatic carbocycles. The lowest BCUT2D eigenvalue weighted by molar-refractivity contribution is -0.137. The molecule has 1 saturated carbocycles. The number of carboxylic acid groups (broad SMARTS) is 1. The highest BCUT2D eigenvalue weighted by molar-refractivity contribution is 5.83. The molecule has 0 saturated heterocycles. The van der Waals surface area contributed by atoms with Crippen molar-refractivity contribution < 1.29 is 9.90 Å². The lowest BCUT2D eigenvalue weighted by Crippen LogP contribution is -2.12. The molecule has 0 bridgehead atoms. The van der Waals surface area contributed by atoms with Crippen molar-refractivity contribution in [3.05, 3.63) is 42.2 Å². The third-order valence-corrected chi connectivity index (χ3v) is 3.60. The van der Waals surface area contributed by atoms with Crippen LogP contribution in [0.1, 0.15) is 24.8 Å². The van der Waals surface area contributed by atoms with Gasteiger partial charge in [0, 0.05) is 23.2 Å². The maximum Gasteiger partial charge on any atom is 0.304 e. The van der Waals surface area contributed by atoms with Gasteiger partial charge in [-0.25, -0.2) is 0 Å². The quantitative estimate of drug-likeness (QED) is 0.877. The highest BCUT2D eigenvalue weighted by Crippen LogP contribution is 2.51. The van der Waals surface area contributed by atoms with Crippen LogP contribution < -0.4 is 0 Å². The molecular formula is C14H13NO2. The lowest BCUT2D eigenvalue weighted by atomic mass is 9.91. The summed E-state index contributed by atoms with van der Waals surface area (Å²) in [7, 11) is 0. The molecule has 1 aromatic heterocycles. The Hall–Kier alpha value is -1.90. The fourth-order valence-electron chi connectivity index (χ4n) is 2.42. The minimum absolute atomic E-state index is 0.108. The van der Waals surface area contributed by atoms with Crippen molar-refractivity contribution >= 4 is 16.7 Å². The molecular weight excluding hydrogens is 214 g/mol. The maximum atomic E-state index is 10.9. The second-order valence-corrected chi connectivity index (χ2v) is 4.79. The van der Waals surface area contributed by atoms with Gasteiger partial charge in [-0.05, 0) is 29.9 Å². The molecule has 0 aliphatic heterocycles. The zero-order valence-corrected chi connectivity index (χ0v) is 9.39. The summed E-state index contributed by atoms with van der Waals surface area (Å²) in [4.78, 5) is 15.0. The standard InChI is InChI=1S/C14H13NO2/c16-13(17)8-14(4-5-14)12-2-1-11-9-15-6-3-10(11)7-12/h1-3,6-7,9H,4-5,8H2,(H,16,17). The molecule has 86 valence electrons. The van der Waals surface area contributed by atoms with Gasteiger partial charge < -0.3 is 5.11 Å². The predicted octanol–water partition coefficient (Wildman–Crippen LogP) is 2.74. The normalized spacial score (nSPS) is 16.9. The number of aromatic nitrogens is 1. The Bertz CT molecular complexity index is 588. The van der Waals surface area contributed by atoms with Crippen LogP contribution in [0, 0.1) is 0 Å². The summed E-state index contributed by atoms with van der Waals surface area (Å²) in [5.74, 6) is -0.711. The Morgan fingerprint density at radius 1 is 1.29 bits per heavy atom. The van der Waals surface area contributed by atoms with Crippen LogP contribution in [-0.2, 0) is 10.2 Å². The number of aliphatic carboxylic acids is 1. The molecule has 0 radical (unpaired) electrons. The van der Waals surface area contributed by atoms with E-state index in [4.69, 9.17) is 5.11 Å². The SMILES string of the molecule is O=C(O)CC1(c2ccc3cnccc3c2)CC1. The summed E-state index contributed by atoms with van der Waals surface area (Å²) >= 11 is 0. The van der Waals surface area contributed by atoms with Gasteiger partial charge in [0.2, 0.25) is 0 Å². The molecule has 1 fully saturated rings. The van der Waals surface area contributed by atoms with Crippen LogP contribution in [0.2, 0.25) is 0 Å². The molecule has 17 heavy (non-hydrogen) atoms. The van der Waals surface area contributed by atoms with E-state index in [-0.39, 0.29) is 11.8 Å². The molecule has 1 N–H and O–H groups in total. The van der Waals surface area contributed by atoms with E-state index in [1.807, 2.05) is 24.4 Å². The zero-order chi connectivity index (χ0) is 11.9. The minimum atomic E-state index is -0.711. The Balaban J connectivity index is 2.03. The predicted molar refractivity (Wildman–Crippen MR) is 64.9 cm³/mol. The number of hydrogen-bond acceptors (Lipinski definition) is 2. The van der Waals surface area contributed by atoms with Gasteiger partial charge in [-0.2, -0.15) is 0 Å². The molecule has 0 unspecified atom stereocenters. The lowest BCUT2D eigenvalue weighted by Gasteiger charge is -2.13. The highest BCUT2D eigenvalue weighted by atomic mass is 16.4. The number of fused-ring (bicyclic) bond motifs is 1. The number of hydrogen-bond donors (Lipinski definition) is 1. The van der Waals surface area contributed by atoms with Gasteiger partial charge in [-0.3, -0.25) is 9.78 Å². The number of carbonyl (C=O) groups is 1. The van der Waals surface area contributed by atoms with E-state index >= 15 is 0 Å². The monoisotopic (exact) mass is 227 g/mol. The first kappa shape index (κ1) is 10.3. The van der Waals surface area contributed by atoms with Crippen LogP contribution in [0.15, 0.2) is 36.7 Å². The van der Waals surface area contributed by atoms with E-state index in [2.05, 4.69) is 11.1 Å². The van der Waals surface area contributed by atoms with Crippen LogP contribution >= 0.6 is 0 Å². The average Bonchev–Trinajstić information content (AvgIpc) is 3.08.